The van der Waals surface area contributed by atoms with Gasteiger partial charge in [-0.1, -0.05) is 24.3 Å². The van der Waals surface area contributed by atoms with E-state index in [1.165, 1.54) is 36.4 Å². The van der Waals surface area contributed by atoms with Gasteiger partial charge in [0.15, 0.2) is 5.75 Å². The van der Waals surface area contributed by atoms with Gasteiger partial charge in [-0.05, 0) is 41.5 Å². The Balaban J connectivity index is 2.27. The lowest BCUT2D eigenvalue weighted by Crippen LogP contribution is -2.08. The average Bonchev–Trinajstić information content (AvgIpc) is 2.63. The van der Waals surface area contributed by atoms with Gasteiger partial charge in [-0.3, -0.25) is 4.79 Å². The number of hydrogen-bond acceptors (Lipinski definition) is 4. The van der Waals surface area contributed by atoms with Crippen LogP contribution in [0, 0.1) is 0 Å². The molecule has 0 aliphatic rings. The molecule has 3 rings (SSSR count). The Hall–Kier alpha value is -3.87. The second kappa shape index (κ2) is 6.56. The van der Waals surface area contributed by atoms with Crippen LogP contribution in [0.1, 0.15) is 20.7 Å². The lowest BCUT2D eigenvalue weighted by molar-refractivity contribution is 0.0686. The Bertz CT molecular complexity index is 1080. The zero-order chi connectivity index (χ0) is 18.8. The zero-order valence-corrected chi connectivity index (χ0v) is 13.3. The second-order valence-corrected chi connectivity index (χ2v) is 5.54. The fourth-order valence-electron chi connectivity index (χ4n) is 2.60. The largest absolute Gasteiger partial charge is 0.503 e. The smallest absolute Gasteiger partial charge is 0.335 e. The maximum absolute atomic E-state index is 11.9. The van der Waals surface area contributed by atoms with Crippen molar-refractivity contribution in [3.63, 3.8) is 0 Å². The highest BCUT2D eigenvalue weighted by molar-refractivity contribution is 5.92. The van der Waals surface area contributed by atoms with Gasteiger partial charge in [0.2, 0.25) is 0 Å². The monoisotopic (exact) mass is 351 g/mol. The number of aromatic amines is 1. The molecule has 3 aromatic rings. The summed E-state index contributed by atoms with van der Waals surface area (Å²) in [4.78, 5) is 36.8. The predicted molar refractivity (Wildman–Crippen MR) is 93.5 cm³/mol. The van der Waals surface area contributed by atoms with Gasteiger partial charge in [0.25, 0.3) is 5.56 Å². The summed E-state index contributed by atoms with van der Waals surface area (Å²) >= 11 is 0. The first-order valence-corrected chi connectivity index (χ1v) is 7.50. The molecule has 1 aromatic heterocycles. The molecule has 0 aliphatic carbocycles. The van der Waals surface area contributed by atoms with Crippen molar-refractivity contribution in [2.75, 3.05) is 0 Å². The summed E-state index contributed by atoms with van der Waals surface area (Å²) in [6.45, 7) is 0. The number of carboxylic acids is 2. The molecule has 2 aromatic carbocycles. The summed E-state index contributed by atoms with van der Waals surface area (Å²) in [6, 6.07) is 13.2. The van der Waals surface area contributed by atoms with Crippen molar-refractivity contribution >= 4 is 11.9 Å². The topological polar surface area (TPSA) is 128 Å². The fourth-order valence-corrected chi connectivity index (χ4v) is 2.60. The minimum Gasteiger partial charge on any atom is -0.503 e. The van der Waals surface area contributed by atoms with Crippen LogP contribution in [0.25, 0.3) is 22.4 Å². The molecule has 1 heterocycles. The standard InChI is InChI=1S/C19H13NO6/c21-15-9-14(10-3-1-5-12(7-10)18(23)24)16(20-17(15)22)11-4-2-6-13(8-11)19(25)26/h1-9,21H,(H,20,22)(H,23,24)(H,25,26). The molecule has 0 amide bonds. The molecule has 0 atom stereocenters. The van der Waals surface area contributed by atoms with Gasteiger partial charge in [-0.25, -0.2) is 9.59 Å². The SMILES string of the molecule is O=C(O)c1cccc(-c2cc(O)c(=O)[nH]c2-c2cccc(C(=O)O)c2)c1. The van der Waals surface area contributed by atoms with Crippen LogP contribution in [0.2, 0.25) is 0 Å². The maximum Gasteiger partial charge on any atom is 0.335 e. The maximum atomic E-state index is 11.9. The molecule has 0 spiro atoms. The van der Waals surface area contributed by atoms with E-state index >= 15 is 0 Å². The van der Waals surface area contributed by atoms with Gasteiger partial charge in [-0.2, -0.15) is 0 Å². The van der Waals surface area contributed by atoms with Crippen molar-refractivity contribution < 1.29 is 24.9 Å². The molecule has 7 nitrogen and oxygen atoms in total. The van der Waals surface area contributed by atoms with Crippen LogP contribution in [0.15, 0.2) is 59.4 Å². The minimum absolute atomic E-state index is 0.0293. The van der Waals surface area contributed by atoms with Crippen LogP contribution in [0.5, 0.6) is 5.75 Å². The molecule has 7 heteroatoms. The van der Waals surface area contributed by atoms with Crippen molar-refractivity contribution in [2.24, 2.45) is 0 Å². The zero-order valence-electron chi connectivity index (χ0n) is 13.3. The number of nitrogens with one attached hydrogen (secondary N) is 1. The van der Waals surface area contributed by atoms with Crippen molar-refractivity contribution in [2.45, 2.75) is 0 Å². The second-order valence-electron chi connectivity index (χ2n) is 5.54. The van der Waals surface area contributed by atoms with E-state index in [1.54, 1.807) is 18.2 Å². The van der Waals surface area contributed by atoms with E-state index in [2.05, 4.69) is 4.98 Å². The first-order chi connectivity index (χ1) is 12.4. The highest BCUT2D eigenvalue weighted by Gasteiger charge is 2.15. The summed E-state index contributed by atoms with van der Waals surface area (Å²) < 4.78 is 0. The van der Waals surface area contributed by atoms with Crippen molar-refractivity contribution in [1.82, 2.24) is 4.98 Å². The molecule has 0 aliphatic heterocycles. The normalized spacial score (nSPS) is 10.5. The molecule has 26 heavy (non-hydrogen) atoms. The van der Waals surface area contributed by atoms with E-state index < -0.39 is 23.2 Å². The number of pyridine rings is 1. The molecule has 0 saturated carbocycles. The van der Waals surface area contributed by atoms with Crippen LogP contribution in [0.3, 0.4) is 0 Å². The number of aromatic nitrogens is 1. The highest BCUT2D eigenvalue weighted by Crippen LogP contribution is 2.32. The molecule has 4 N–H and O–H groups in total. The first-order valence-electron chi connectivity index (χ1n) is 7.50. The molecule has 0 unspecified atom stereocenters. The average molecular weight is 351 g/mol. The molecule has 0 saturated heterocycles. The van der Waals surface area contributed by atoms with Crippen molar-refractivity contribution in [1.29, 1.82) is 0 Å². The molecule has 0 radical (unpaired) electrons. The quantitative estimate of drug-likeness (QED) is 0.572. The third-order valence-electron chi connectivity index (χ3n) is 3.84. The first kappa shape index (κ1) is 17.0. The number of aromatic carboxylic acids is 2. The third-order valence-corrected chi connectivity index (χ3v) is 3.84. The molecule has 130 valence electrons. The van der Waals surface area contributed by atoms with Gasteiger partial charge in [0.05, 0.1) is 16.8 Å². The predicted octanol–water partition coefficient (Wildman–Crippen LogP) is 2.81. The van der Waals surface area contributed by atoms with Crippen LogP contribution in [-0.2, 0) is 0 Å². The van der Waals surface area contributed by atoms with E-state index in [0.29, 0.717) is 16.7 Å². The minimum atomic E-state index is -1.12. The van der Waals surface area contributed by atoms with Gasteiger partial charge >= 0.3 is 11.9 Å². The number of benzene rings is 2. The van der Waals surface area contributed by atoms with Gasteiger partial charge < -0.3 is 20.3 Å². The fraction of sp³-hybridized carbons (Fsp3) is 0. The lowest BCUT2D eigenvalue weighted by atomic mass is 9.97. The van der Waals surface area contributed by atoms with E-state index in [9.17, 15) is 19.5 Å². The summed E-state index contributed by atoms with van der Waals surface area (Å²) in [7, 11) is 0. The summed E-state index contributed by atoms with van der Waals surface area (Å²) in [5.41, 5.74) is 0.843. The Morgan fingerprint density at radius 2 is 1.35 bits per heavy atom. The summed E-state index contributed by atoms with van der Waals surface area (Å²) in [6.07, 6.45) is 0. The van der Waals surface area contributed by atoms with Crippen molar-refractivity contribution in [3.05, 3.63) is 76.1 Å². The highest BCUT2D eigenvalue weighted by atomic mass is 16.4. The molecule has 0 fully saturated rings. The number of rotatable bonds is 4. The molecule has 0 bridgehead atoms. The number of carboxylic acid groups (broad SMARTS) is 2. The van der Waals surface area contributed by atoms with Gasteiger partial charge in [0.1, 0.15) is 0 Å². The number of carbonyl (C=O) groups is 2. The van der Waals surface area contributed by atoms with Crippen LogP contribution >= 0.6 is 0 Å². The Kier molecular flexibility index (Phi) is 4.28. The van der Waals surface area contributed by atoms with Gasteiger partial charge in [-0.15, -0.1) is 0 Å². The van der Waals surface area contributed by atoms with E-state index in [4.69, 9.17) is 10.2 Å². The summed E-state index contributed by atoms with van der Waals surface area (Å²) in [5, 5.41) is 28.1. The Labute approximate surface area is 146 Å². The van der Waals surface area contributed by atoms with Crippen LogP contribution < -0.4 is 5.56 Å². The van der Waals surface area contributed by atoms with E-state index in [0.717, 1.165) is 0 Å². The van der Waals surface area contributed by atoms with E-state index in [1.807, 2.05) is 0 Å². The summed E-state index contributed by atoms with van der Waals surface area (Å²) in [5.74, 6) is -2.77. The van der Waals surface area contributed by atoms with Crippen LogP contribution in [0.4, 0.5) is 0 Å². The number of hydrogen-bond donors (Lipinski definition) is 4. The van der Waals surface area contributed by atoms with E-state index in [-0.39, 0.29) is 16.8 Å². The van der Waals surface area contributed by atoms with Crippen molar-refractivity contribution in [3.8, 4) is 28.1 Å². The molecular weight excluding hydrogens is 338 g/mol. The molecular formula is C19H13NO6. The number of H-pyrrole nitrogens is 1. The lowest BCUT2D eigenvalue weighted by Gasteiger charge is -2.12. The van der Waals surface area contributed by atoms with Gasteiger partial charge in [0, 0.05) is 5.56 Å². The Morgan fingerprint density at radius 1 is 0.808 bits per heavy atom. The Morgan fingerprint density at radius 3 is 1.92 bits per heavy atom. The van der Waals surface area contributed by atoms with Crippen LogP contribution in [-0.4, -0.2) is 32.2 Å². The number of aromatic hydroxyl groups is 1. The third kappa shape index (κ3) is 3.18.